The molecule has 1 aliphatic rings. The molecule has 4 nitrogen and oxygen atoms in total. The molecule has 1 saturated heterocycles. The Morgan fingerprint density at radius 3 is 2.88 bits per heavy atom. The van der Waals surface area contributed by atoms with Gasteiger partial charge in [-0.3, -0.25) is 4.79 Å². The SMILES string of the molecule is CCNC(C)CC(=O)N1CCCC(C)(OC)C1. The maximum Gasteiger partial charge on any atom is 0.224 e. The first-order valence-electron chi connectivity index (χ1n) is 6.57. The third-order valence-electron chi connectivity index (χ3n) is 3.54. The smallest absolute Gasteiger partial charge is 0.224 e. The molecule has 100 valence electrons. The van der Waals surface area contributed by atoms with E-state index >= 15 is 0 Å². The van der Waals surface area contributed by atoms with E-state index in [2.05, 4.69) is 26.1 Å². The van der Waals surface area contributed by atoms with Crippen LogP contribution in [0.4, 0.5) is 0 Å². The zero-order chi connectivity index (χ0) is 12.9. The summed E-state index contributed by atoms with van der Waals surface area (Å²) in [5.41, 5.74) is -0.157. The maximum atomic E-state index is 12.1. The molecule has 0 spiro atoms. The van der Waals surface area contributed by atoms with Gasteiger partial charge in [-0.1, -0.05) is 6.92 Å². The fourth-order valence-corrected chi connectivity index (χ4v) is 2.40. The summed E-state index contributed by atoms with van der Waals surface area (Å²) in [6.45, 7) is 8.70. The highest BCUT2D eigenvalue weighted by atomic mass is 16.5. The van der Waals surface area contributed by atoms with E-state index in [0.717, 1.165) is 32.5 Å². The lowest BCUT2D eigenvalue weighted by atomic mass is 9.94. The molecule has 0 radical (unpaired) electrons. The van der Waals surface area contributed by atoms with Crippen molar-refractivity contribution in [3.63, 3.8) is 0 Å². The molecule has 0 saturated carbocycles. The first-order chi connectivity index (χ1) is 8.00. The van der Waals surface area contributed by atoms with Crippen molar-refractivity contribution >= 4 is 5.91 Å². The van der Waals surface area contributed by atoms with Gasteiger partial charge in [-0.05, 0) is 33.2 Å². The number of likely N-dealkylation sites (tertiary alicyclic amines) is 1. The van der Waals surface area contributed by atoms with E-state index in [1.54, 1.807) is 7.11 Å². The summed E-state index contributed by atoms with van der Waals surface area (Å²) < 4.78 is 5.50. The van der Waals surface area contributed by atoms with Crippen LogP contribution in [0, 0.1) is 0 Å². The van der Waals surface area contributed by atoms with Crippen LogP contribution < -0.4 is 5.32 Å². The monoisotopic (exact) mass is 242 g/mol. The summed E-state index contributed by atoms with van der Waals surface area (Å²) in [5, 5.41) is 3.27. The predicted octanol–water partition coefficient (Wildman–Crippen LogP) is 1.40. The molecular formula is C13H26N2O2. The number of rotatable bonds is 5. The summed E-state index contributed by atoms with van der Waals surface area (Å²) in [6.07, 6.45) is 2.65. The number of methoxy groups -OCH3 is 1. The summed E-state index contributed by atoms with van der Waals surface area (Å²) in [5.74, 6) is 0.237. The van der Waals surface area contributed by atoms with E-state index in [4.69, 9.17) is 4.74 Å². The van der Waals surface area contributed by atoms with Gasteiger partial charge in [0, 0.05) is 32.7 Å². The van der Waals surface area contributed by atoms with Gasteiger partial charge in [0.05, 0.1) is 5.60 Å². The highest BCUT2D eigenvalue weighted by molar-refractivity contribution is 5.77. The minimum Gasteiger partial charge on any atom is -0.377 e. The van der Waals surface area contributed by atoms with Gasteiger partial charge >= 0.3 is 0 Å². The van der Waals surface area contributed by atoms with Crippen LogP contribution in [0.15, 0.2) is 0 Å². The van der Waals surface area contributed by atoms with Gasteiger partial charge < -0.3 is 15.0 Å². The molecule has 1 aliphatic heterocycles. The van der Waals surface area contributed by atoms with Gasteiger partial charge in [-0.2, -0.15) is 0 Å². The maximum absolute atomic E-state index is 12.1. The summed E-state index contributed by atoms with van der Waals surface area (Å²) in [6, 6.07) is 0.253. The van der Waals surface area contributed by atoms with Gasteiger partial charge in [0.1, 0.15) is 0 Å². The molecular weight excluding hydrogens is 216 g/mol. The van der Waals surface area contributed by atoms with Gasteiger partial charge in [-0.15, -0.1) is 0 Å². The Bertz CT molecular complexity index is 258. The van der Waals surface area contributed by atoms with Crippen molar-refractivity contribution in [2.45, 2.75) is 51.7 Å². The lowest BCUT2D eigenvalue weighted by molar-refractivity contribution is -0.139. The third kappa shape index (κ3) is 4.28. The molecule has 1 heterocycles. The summed E-state index contributed by atoms with van der Waals surface area (Å²) in [4.78, 5) is 14.1. The predicted molar refractivity (Wildman–Crippen MR) is 69.0 cm³/mol. The molecule has 1 rings (SSSR count). The quantitative estimate of drug-likeness (QED) is 0.792. The lowest BCUT2D eigenvalue weighted by Crippen LogP contribution is -2.50. The molecule has 0 aromatic rings. The van der Waals surface area contributed by atoms with Crippen LogP contribution in [0.2, 0.25) is 0 Å². The molecule has 2 unspecified atom stereocenters. The van der Waals surface area contributed by atoms with Crippen LogP contribution in [-0.2, 0) is 9.53 Å². The molecule has 0 aromatic heterocycles. The Balaban J connectivity index is 2.46. The number of hydrogen-bond acceptors (Lipinski definition) is 3. The standard InChI is InChI=1S/C13H26N2O2/c1-5-14-11(2)9-12(16)15-8-6-7-13(3,10-15)17-4/h11,14H,5-10H2,1-4H3. The van der Waals surface area contributed by atoms with Crippen LogP contribution >= 0.6 is 0 Å². The average molecular weight is 242 g/mol. The fraction of sp³-hybridized carbons (Fsp3) is 0.923. The Kier molecular flexibility index (Phi) is 5.40. The van der Waals surface area contributed by atoms with Crippen LogP contribution in [0.3, 0.4) is 0 Å². The second kappa shape index (κ2) is 6.36. The number of carbonyl (C=O) groups excluding carboxylic acids is 1. The van der Waals surface area contributed by atoms with Crippen molar-refractivity contribution in [1.29, 1.82) is 0 Å². The second-order valence-corrected chi connectivity index (χ2v) is 5.24. The van der Waals surface area contributed by atoms with Crippen molar-refractivity contribution < 1.29 is 9.53 Å². The molecule has 1 fully saturated rings. The fourth-order valence-electron chi connectivity index (χ4n) is 2.40. The normalized spacial score (nSPS) is 26.9. The van der Waals surface area contributed by atoms with Crippen molar-refractivity contribution in [2.75, 3.05) is 26.7 Å². The van der Waals surface area contributed by atoms with Crippen LogP contribution in [0.5, 0.6) is 0 Å². The van der Waals surface area contributed by atoms with E-state index in [1.807, 2.05) is 4.90 Å². The Hall–Kier alpha value is -0.610. The van der Waals surface area contributed by atoms with Crippen molar-refractivity contribution in [3.05, 3.63) is 0 Å². The molecule has 1 amide bonds. The van der Waals surface area contributed by atoms with E-state index in [-0.39, 0.29) is 17.6 Å². The second-order valence-electron chi connectivity index (χ2n) is 5.24. The van der Waals surface area contributed by atoms with Gasteiger partial charge in [0.25, 0.3) is 0 Å². The highest BCUT2D eigenvalue weighted by Gasteiger charge is 2.33. The van der Waals surface area contributed by atoms with E-state index in [1.165, 1.54) is 0 Å². The van der Waals surface area contributed by atoms with E-state index in [9.17, 15) is 4.79 Å². The average Bonchev–Trinajstić information content (AvgIpc) is 2.29. The van der Waals surface area contributed by atoms with Crippen molar-refractivity contribution in [2.24, 2.45) is 0 Å². The Morgan fingerprint density at radius 1 is 1.59 bits per heavy atom. The van der Waals surface area contributed by atoms with Crippen LogP contribution in [0.1, 0.15) is 40.0 Å². The van der Waals surface area contributed by atoms with Gasteiger partial charge in [0.15, 0.2) is 0 Å². The molecule has 17 heavy (non-hydrogen) atoms. The number of hydrogen-bond donors (Lipinski definition) is 1. The highest BCUT2D eigenvalue weighted by Crippen LogP contribution is 2.24. The number of nitrogens with one attached hydrogen (secondary N) is 1. The zero-order valence-electron chi connectivity index (χ0n) is 11.6. The number of ether oxygens (including phenoxy) is 1. The molecule has 0 aliphatic carbocycles. The topological polar surface area (TPSA) is 41.6 Å². The minimum atomic E-state index is -0.157. The van der Waals surface area contributed by atoms with E-state index in [0.29, 0.717) is 6.42 Å². The molecule has 1 N–H and O–H groups in total. The lowest BCUT2D eigenvalue weighted by Gasteiger charge is -2.39. The number of amides is 1. The number of nitrogens with zero attached hydrogens (tertiary/aromatic N) is 1. The largest absolute Gasteiger partial charge is 0.377 e. The molecule has 0 bridgehead atoms. The Labute approximate surface area is 105 Å². The zero-order valence-corrected chi connectivity index (χ0v) is 11.6. The Morgan fingerprint density at radius 2 is 2.29 bits per heavy atom. The van der Waals surface area contributed by atoms with Crippen molar-refractivity contribution in [3.8, 4) is 0 Å². The molecule has 4 heteroatoms. The van der Waals surface area contributed by atoms with Crippen LogP contribution in [0.25, 0.3) is 0 Å². The van der Waals surface area contributed by atoms with Crippen LogP contribution in [-0.4, -0.2) is 49.2 Å². The van der Waals surface area contributed by atoms with E-state index < -0.39 is 0 Å². The molecule has 2 atom stereocenters. The summed E-state index contributed by atoms with van der Waals surface area (Å²) in [7, 11) is 1.73. The minimum absolute atomic E-state index is 0.157. The van der Waals surface area contributed by atoms with Crippen molar-refractivity contribution in [1.82, 2.24) is 10.2 Å². The van der Waals surface area contributed by atoms with Gasteiger partial charge in [-0.25, -0.2) is 0 Å². The first kappa shape index (κ1) is 14.5. The number of piperidine rings is 1. The first-order valence-corrected chi connectivity index (χ1v) is 6.57. The third-order valence-corrected chi connectivity index (χ3v) is 3.54. The molecule has 0 aromatic carbocycles. The summed E-state index contributed by atoms with van der Waals surface area (Å²) >= 11 is 0. The number of carbonyl (C=O) groups is 1. The van der Waals surface area contributed by atoms with Gasteiger partial charge in [0.2, 0.25) is 5.91 Å².